The first-order valence-corrected chi connectivity index (χ1v) is 6.53. The summed E-state index contributed by atoms with van der Waals surface area (Å²) in [5.41, 5.74) is 0.787. The van der Waals surface area contributed by atoms with Gasteiger partial charge >= 0.3 is 0 Å². The third-order valence-corrected chi connectivity index (χ3v) is 3.59. The summed E-state index contributed by atoms with van der Waals surface area (Å²) in [5, 5.41) is 0.781. The number of ketones is 1. The molecule has 0 radical (unpaired) electrons. The van der Waals surface area contributed by atoms with Crippen molar-refractivity contribution in [1.82, 2.24) is 0 Å². The van der Waals surface area contributed by atoms with E-state index in [9.17, 15) is 9.18 Å². The Bertz CT molecular complexity index is 620. The van der Waals surface area contributed by atoms with Gasteiger partial charge in [-0.2, -0.15) is 0 Å². The molecule has 2 aromatic carbocycles. The maximum atomic E-state index is 12.9. The van der Waals surface area contributed by atoms with Crippen LogP contribution in [0.15, 0.2) is 36.4 Å². The van der Waals surface area contributed by atoms with E-state index >= 15 is 0 Å². The van der Waals surface area contributed by atoms with E-state index < -0.39 is 5.82 Å². The monoisotopic (exact) mass is 316 g/mol. The fourth-order valence-corrected chi connectivity index (χ4v) is 2.53. The largest absolute Gasteiger partial charge is 0.294 e. The smallest absolute Gasteiger partial charge is 0.170 e. The maximum absolute atomic E-state index is 12.9. The van der Waals surface area contributed by atoms with E-state index in [1.165, 1.54) is 18.2 Å². The standard InChI is InChI=1S/C14H8Cl3FO/c15-10-2-1-3-11(16)14(10)13(19)6-8-4-5-9(18)7-12(8)17/h1-5,7H,6H2. The molecule has 2 rings (SSSR count). The zero-order valence-corrected chi connectivity index (χ0v) is 11.9. The highest BCUT2D eigenvalue weighted by Gasteiger charge is 2.16. The first-order chi connectivity index (χ1) is 8.99. The first kappa shape index (κ1) is 14.3. The molecule has 0 saturated carbocycles. The lowest BCUT2D eigenvalue weighted by atomic mass is 10.0. The van der Waals surface area contributed by atoms with E-state index in [1.807, 2.05) is 0 Å². The third-order valence-electron chi connectivity index (χ3n) is 2.61. The van der Waals surface area contributed by atoms with Crippen molar-refractivity contribution in [3.05, 3.63) is 68.4 Å². The zero-order chi connectivity index (χ0) is 14.0. The van der Waals surface area contributed by atoms with Crippen molar-refractivity contribution >= 4 is 40.6 Å². The molecule has 2 aromatic rings. The number of hydrogen-bond donors (Lipinski definition) is 0. The molecule has 0 aliphatic carbocycles. The minimum Gasteiger partial charge on any atom is -0.294 e. The molecule has 0 unspecified atom stereocenters. The van der Waals surface area contributed by atoms with Crippen molar-refractivity contribution in [2.75, 3.05) is 0 Å². The third kappa shape index (κ3) is 3.27. The molecule has 0 bridgehead atoms. The lowest BCUT2D eigenvalue weighted by Gasteiger charge is -2.07. The Hall–Kier alpha value is -1.09. The summed E-state index contributed by atoms with van der Waals surface area (Å²) >= 11 is 17.8. The number of rotatable bonds is 3. The second kappa shape index (κ2) is 5.91. The molecule has 0 N–H and O–H groups in total. The SMILES string of the molecule is O=C(Cc1ccc(F)cc1Cl)c1c(Cl)cccc1Cl. The van der Waals surface area contributed by atoms with Gasteiger partial charge in [0.25, 0.3) is 0 Å². The lowest BCUT2D eigenvalue weighted by molar-refractivity contribution is 0.0993. The van der Waals surface area contributed by atoms with Crippen LogP contribution in [-0.4, -0.2) is 5.78 Å². The van der Waals surface area contributed by atoms with E-state index in [1.54, 1.807) is 18.2 Å². The van der Waals surface area contributed by atoms with Gasteiger partial charge in [-0.25, -0.2) is 4.39 Å². The van der Waals surface area contributed by atoms with Gasteiger partial charge in [0.2, 0.25) is 0 Å². The van der Waals surface area contributed by atoms with Gasteiger partial charge in [0.1, 0.15) is 5.82 Å². The Kier molecular flexibility index (Phi) is 4.46. The molecule has 0 atom stereocenters. The molecular weight excluding hydrogens is 310 g/mol. The van der Waals surface area contributed by atoms with Crippen LogP contribution in [0.4, 0.5) is 4.39 Å². The highest BCUT2D eigenvalue weighted by atomic mass is 35.5. The molecule has 0 heterocycles. The number of Topliss-reactive ketones (excluding diaryl/α,β-unsaturated/α-hetero) is 1. The molecule has 0 aromatic heterocycles. The van der Waals surface area contributed by atoms with Crippen LogP contribution in [0.5, 0.6) is 0 Å². The Morgan fingerprint density at radius 1 is 1.00 bits per heavy atom. The van der Waals surface area contributed by atoms with Crippen molar-refractivity contribution in [3.63, 3.8) is 0 Å². The zero-order valence-electron chi connectivity index (χ0n) is 9.59. The van der Waals surface area contributed by atoms with Crippen molar-refractivity contribution in [3.8, 4) is 0 Å². The minimum absolute atomic E-state index is 0.0164. The summed E-state index contributed by atoms with van der Waals surface area (Å²) in [4.78, 5) is 12.2. The Labute approximate surface area is 124 Å². The van der Waals surface area contributed by atoms with Crippen LogP contribution >= 0.6 is 34.8 Å². The first-order valence-electron chi connectivity index (χ1n) is 5.40. The number of carbonyl (C=O) groups excluding carboxylic acids is 1. The van der Waals surface area contributed by atoms with Gasteiger partial charge in [-0.1, -0.05) is 46.9 Å². The van der Waals surface area contributed by atoms with E-state index in [0.717, 1.165) is 0 Å². The molecule has 5 heteroatoms. The van der Waals surface area contributed by atoms with Crippen molar-refractivity contribution in [2.45, 2.75) is 6.42 Å². The predicted octanol–water partition coefficient (Wildman–Crippen LogP) is 5.21. The summed E-state index contributed by atoms with van der Waals surface area (Å²) in [6.45, 7) is 0. The summed E-state index contributed by atoms with van der Waals surface area (Å²) < 4.78 is 12.9. The summed E-state index contributed by atoms with van der Waals surface area (Å²) in [6, 6.07) is 8.73. The van der Waals surface area contributed by atoms with Crippen molar-refractivity contribution in [1.29, 1.82) is 0 Å². The van der Waals surface area contributed by atoms with Gasteiger partial charge in [0, 0.05) is 11.4 Å². The molecule has 0 aliphatic rings. The number of carbonyl (C=O) groups is 1. The van der Waals surface area contributed by atoms with Gasteiger partial charge in [-0.05, 0) is 29.8 Å². The molecule has 0 aliphatic heterocycles. The molecule has 19 heavy (non-hydrogen) atoms. The van der Waals surface area contributed by atoms with E-state index in [4.69, 9.17) is 34.8 Å². The minimum atomic E-state index is -0.447. The maximum Gasteiger partial charge on any atom is 0.170 e. The number of hydrogen-bond acceptors (Lipinski definition) is 1. The molecule has 0 spiro atoms. The summed E-state index contributed by atoms with van der Waals surface area (Å²) in [6.07, 6.45) is 0.0164. The Morgan fingerprint density at radius 3 is 2.21 bits per heavy atom. The van der Waals surface area contributed by atoms with E-state index in [0.29, 0.717) is 5.56 Å². The fraction of sp³-hybridized carbons (Fsp3) is 0.0714. The normalized spacial score (nSPS) is 10.5. The highest BCUT2D eigenvalue weighted by molar-refractivity contribution is 6.40. The quantitative estimate of drug-likeness (QED) is 0.710. The topological polar surface area (TPSA) is 17.1 Å². The molecule has 0 fully saturated rings. The second-order valence-electron chi connectivity index (χ2n) is 3.93. The van der Waals surface area contributed by atoms with Crippen LogP contribution in [0.2, 0.25) is 15.1 Å². The van der Waals surface area contributed by atoms with E-state index in [2.05, 4.69) is 0 Å². The molecule has 0 saturated heterocycles. The van der Waals surface area contributed by atoms with Crippen molar-refractivity contribution < 1.29 is 9.18 Å². The average molecular weight is 318 g/mol. The molecule has 1 nitrogen and oxygen atoms in total. The van der Waals surface area contributed by atoms with Gasteiger partial charge in [-0.3, -0.25) is 4.79 Å². The Morgan fingerprint density at radius 2 is 1.63 bits per heavy atom. The van der Waals surface area contributed by atoms with Gasteiger partial charge < -0.3 is 0 Å². The van der Waals surface area contributed by atoms with Gasteiger partial charge in [-0.15, -0.1) is 0 Å². The van der Waals surface area contributed by atoms with Crippen LogP contribution in [0.3, 0.4) is 0 Å². The van der Waals surface area contributed by atoms with Crippen LogP contribution < -0.4 is 0 Å². The second-order valence-corrected chi connectivity index (χ2v) is 5.15. The number of benzene rings is 2. The molecule has 0 amide bonds. The van der Waals surface area contributed by atoms with Crippen LogP contribution in [0, 0.1) is 5.82 Å². The van der Waals surface area contributed by atoms with Crippen LogP contribution in [0.25, 0.3) is 0 Å². The van der Waals surface area contributed by atoms with Gasteiger partial charge in [0.05, 0.1) is 15.6 Å². The highest BCUT2D eigenvalue weighted by Crippen LogP contribution is 2.27. The lowest BCUT2D eigenvalue weighted by Crippen LogP contribution is -2.06. The van der Waals surface area contributed by atoms with Crippen LogP contribution in [0.1, 0.15) is 15.9 Å². The summed E-state index contributed by atoms with van der Waals surface area (Å²) in [5.74, 6) is -0.707. The van der Waals surface area contributed by atoms with E-state index in [-0.39, 0.29) is 32.8 Å². The summed E-state index contributed by atoms with van der Waals surface area (Å²) in [7, 11) is 0. The molecule has 98 valence electrons. The van der Waals surface area contributed by atoms with Crippen molar-refractivity contribution in [2.24, 2.45) is 0 Å². The van der Waals surface area contributed by atoms with Gasteiger partial charge in [0.15, 0.2) is 5.78 Å². The average Bonchev–Trinajstić information content (AvgIpc) is 2.32. The molecular formula is C14H8Cl3FO. The fourth-order valence-electron chi connectivity index (χ4n) is 1.69. The van der Waals surface area contributed by atoms with Crippen LogP contribution in [-0.2, 0) is 6.42 Å². The predicted molar refractivity (Wildman–Crippen MR) is 75.9 cm³/mol. The Balaban J connectivity index is 2.31. The number of halogens is 4.